The van der Waals surface area contributed by atoms with E-state index in [9.17, 15) is 4.79 Å². The number of imidazole rings is 1. The minimum absolute atomic E-state index is 0.0681. The van der Waals surface area contributed by atoms with Gasteiger partial charge in [0.2, 0.25) is 5.91 Å². The fourth-order valence-corrected chi connectivity index (χ4v) is 3.99. The molecular weight excluding hydrogens is 406 g/mol. The number of aryl methyl sites for hydroxylation is 1. The Hall–Kier alpha value is -3.51. The number of amides is 1. The second-order valence-corrected chi connectivity index (χ2v) is 8.07. The number of aromatic nitrogens is 2. The molecule has 0 bridgehead atoms. The largest absolute Gasteiger partial charge is 0.497 e. The van der Waals surface area contributed by atoms with Crippen LogP contribution in [0.2, 0.25) is 0 Å². The van der Waals surface area contributed by atoms with Crippen LogP contribution in [0.4, 0.5) is 5.69 Å². The Bertz CT molecular complexity index is 1150. The Morgan fingerprint density at radius 3 is 2.39 bits per heavy atom. The molecule has 2 N–H and O–H groups in total. The first-order valence-corrected chi connectivity index (χ1v) is 10.9. The van der Waals surface area contributed by atoms with Gasteiger partial charge in [-0.05, 0) is 55.1 Å². The summed E-state index contributed by atoms with van der Waals surface area (Å²) in [5, 5.41) is 3.83. The van der Waals surface area contributed by atoms with Gasteiger partial charge in [0, 0.05) is 11.3 Å². The smallest absolute Gasteiger partial charge is 0.321 e. The number of benzene rings is 3. The number of nitrogens with one attached hydrogen (secondary N) is 2. The predicted octanol–water partition coefficient (Wildman–Crippen LogP) is 5.01. The molecule has 1 amide bonds. The Morgan fingerprint density at radius 2 is 1.71 bits per heavy atom. The van der Waals surface area contributed by atoms with Crippen LogP contribution in [0.15, 0.2) is 90.2 Å². The van der Waals surface area contributed by atoms with Crippen molar-refractivity contribution in [1.29, 1.82) is 0 Å². The highest BCUT2D eigenvalue weighted by Crippen LogP contribution is 2.22. The molecule has 0 fully saturated rings. The molecule has 0 radical (unpaired) electrons. The number of aromatic amines is 1. The molecular formula is C25H24N3O2S+. The zero-order valence-electron chi connectivity index (χ0n) is 17.5. The second kappa shape index (κ2) is 9.53. The number of anilines is 1. The van der Waals surface area contributed by atoms with Gasteiger partial charge < -0.3 is 10.1 Å². The van der Waals surface area contributed by atoms with Gasteiger partial charge in [-0.2, -0.15) is 4.57 Å². The van der Waals surface area contributed by atoms with E-state index in [4.69, 9.17) is 4.74 Å². The Balaban J connectivity index is 1.53. The molecule has 0 aliphatic carbocycles. The molecule has 0 spiro atoms. The molecule has 3 aromatic carbocycles. The molecule has 0 unspecified atom stereocenters. The van der Waals surface area contributed by atoms with Crippen molar-refractivity contribution in [3.05, 3.63) is 90.6 Å². The minimum atomic E-state index is -0.0681. The lowest BCUT2D eigenvalue weighted by atomic mass is 10.2. The Morgan fingerprint density at radius 1 is 1.00 bits per heavy atom. The molecule has 6 heteroatoms. The highest BCUT2D eigenvalue weighted by Gasteiger charge is 2.20. The van der Waals surface area contributed by atoms with Crippen LogP contribution in [0, 0.1) is 6.92 Å². The van der Waals surface area contributed by atoms with E-state index in [0.29, 0.717) is 0 Å². The van der Waals surface area contributed by atoms with Crippen molar-refractivity contribution in [2.45, 2.75) is 12.1 Å². The molecule has 0 aliphatic heterocycles. The highest BCUT2D eigenvalue weighted by molar-refractivity contribution is 7.99. The third-order valence-corrected chi connectivity index (χ3v) is 5.81. The van der Waals surface area contributed by atoms with E-state index < -0.39 is 0 Å². The first-order valence-electron chi connectivity index (χ1n) is 9.96. The molecule has 31 heavy (non-hydrogen) atoms. The second-order valence-electron chi connectivity index (χ2n) is 7.11. The fraction of sp³-hybridized carbons (Fsp3) is 0.120. The molecule has 0 saturated carbocycles. The van der Waals surface area contributed by atoms with Crippen LogP contribution < -0.4 is 14.6 Å². The van der Waals surface area contributed by atoms with E-state index in [-0.39, 0.29) is 11.7 Å². The number of carbonyl (C=O) groups excluding carboxylic acids is 1. The lowest BCUT2D eigenvalue weighted by Gasteiger charge is -2.05. The minimum Gasteiger partial charge on any atom is -0.497 e. The van der Waals surface area contributed by atoms with E-state index in [1.54, 1.807) is 7.11 Å². The number of carbonyl (C=O) groups is 1. The maximum absolute atomic E-state index is 12.5. The lowest BCUT2D eigenvalue weighted by Crippen LogP contribution is -2.31. The molecule has 5 nitrogen and oxygen atoms in total. The van der Waals surface area contributed by atoms with E-state index in [0.717, 1.165) is 33.5 Å². The molecule has 1 aromatic heterocycles. The summed E-state index contributed by atoms with van der Waals surface area (Å²) in [6.45, 7) is 2.07. The van der Waals surface area contributed by atoms with Crippen LogP contribution >= 0.6 is 11.8 Å². The zero-order valence-corrected chi connectivity index (χ0v) is 18.3. The van der Waals surface area contributed by atoms with Crippen molar-refractivity contribution in [3.8, 4) is 22.7 Å². The maximum Gasteiger partial charge on any atom is 0.321 e. The Kier molecular flexibility index (Phi) is 6.38. The van der Waals surface area contributed by atoms with Gasteiger partial charge in [-0.1, -0.05) is 48.0 Å². The number of thioether (sulfide) groups is 1. The van der Waals surface area contributed by atoms with Crippen molar-refractivity contribution in [2.24, 2.45) is 0 Å². The van der Waals surface area contributed by atoms with Crippen molar-refractivity contribution in [3.63, 3.8) is 0 Å². The summed E-state index contributed by atoms with van der Waals surface area (Å²) < 4.78 is 7.25. The third-order valence-electron chi connectivity index (χ3n) is 4.83. The summed E-state index contributed by atoms with van der Waals surface area (Å²) >= 11 is 1.47. The average molecular weight is 431 g/mol. The van der Waals surface area contributed by atoms with Gasteiger partial charge in [-0.15, -0.1) is 0 Å². The van der Waals surface area contributed by atoms with Gasteiger partial charge in [-0.25, -0.2) is 4.98 Å². The molecule has 0 atom stereocenters. The van der Waals surface area contributed by atoms with Crippen LogP contribution in [0.3, 0.4) is 0 Å². The number of ether oxygens (including phenoxy) is 1. The van der Waals surface area contributed by atoms with Crippen molar-refractivity contribution in [2.75, 3.05) is 18.2 Å². The topological polar surface area (TPSA) is 58.0 Å². The molecule has 4 aromatic rings. The summed E-state index contributed by atoms with van der Waals surface area (Å²) in [7, 11) is 1.62. The van der Waals surface area contributed by atoms with E-state index in [1.165, 1.54) is 17.3 Å². The average Bonchev–Trinajstić information content (AvgIpc) is 3.24. The lowest BCUT2D eigenvalue weighted by molar-refractivity contribution is -0.634. The van der Waals surface area contributed by atoms with Crippen LogP contribution in [-0.2, 0) is 4.79 Å². The number of nitrogens with zero attached hydrogens (tertiary/aromatic N) is 1. The van der Waals surface area contributed by atoms with Crippen LogP contribution in [0.25, 0.3) is 16.9 Å². The van der Waals surface area contributed by atoms with Gasteiger partial charge in [0.25, 0.3) is 0 Å². The monoisotopic (exact) mass is 430 g/mol. The van der Waals surface area contributed by atoms with E-state index in [2.05, 4.69) is 64.4 Å². The molecule has 0 saturated heterocycles. The van der Waals surface area contributed by atoms with E-state index in [1.807, 2.05) is 42.5 Å². The van der Waals surface area contributed by atoms with Crippen LogP contribution in [0.1, 0.15) is 5.56 Å². The number of H-pyrrole nitrogens is 1. The molecule has 1 heterocycles. The van der Waals surface area contributed by atoms with Crippen molar-refractivity contribution in [1.82, 2.24) is 4.98 Å². The number of hydrogen-bond acceptors (Lipinski definition) is 3. The summed E-state index contributed by atoms with van der Waals surface area (Å²) in [6.07, 6.45) is 2.07. The summed E-state index contributed by atoms with van der Waals surface area (Å²) in [5.74, 6) is 0.972. The molecule has 4 rings (SSSR count). The zero-order chi connectivity index (χ0) is 21.6. The van der Waals surface area contributed by atoms with Gasteiger partial charge in [0.05, 0.1) is 12.9 Å². The van der Waals surface area contributed by atoms with E-state index >= 15 is 0 Å². The van der Waals surface area contributed by atoms with Crippen LogP contribution in [-0.4, -0.2) is 23.8 Å². The van der Waals surface area contributed by atoms with Gasteiger partial charge >= 0.3 is 5.16 Å². The summed E-state index contributed by atoms with van der Waals surface area (Å²) in [5.41, 5.74) is 5.09. The normalized spacial score (nSPS) is 10.6. The predicted molar refractivity (Wildman–Crippen MR) is 125 cm³/mol. The van der Waals surface area contributed by atoms with Crippen molar-refractivity contribution < 1.29 is 14.1 Å². The summed E-state index contributed by atoms with van der Waals surface area (Å²) in [4.78, 5) is 16.0. The number of methoxy groups -OCH3 is 1. The summed E-state index contributed by atoms with van der Waals surface area (Å²) in [6, 6.07) is 25.8. The number of rotatable bonds is 7. The van der Waals surface area contributed by atoms with Crippen LogP contribution in [0.5, 0.6) is 5.75 Å². The quantitative estimate of drug-likeness (QED) is 0.320. The molecule has 0 aliphatic rings. The fourth-order valence-electron chi connectivity index (χ4n) is 3.17. The molecule has 156 valence electrons. The van der Waals surface area contributed by atoms with Gasteiger partial charge in [-0.3, -0.25) is 4.79 Å². The van der Waals surface area contributed by atoms with Gasteiger partial charge in [0.1, 0.15) is 17.6 Å². The van der Waals surface area contributed by atoms with Crippen molar-refractivity contribution >= 4 is 23.4 Å². The SMILES string of the molecule is COc1ccc(NC(=O)CSc2[nH]c(-c3ccccc3)c[n+]2-c2ccc(C)cc2)cc1. The highest BCUT2D eigenvalue weighted by atomic mass is 32.2. The maximum atomic E-state index is 12.5. The Labute approximate surface area is 186 Å². The first kappa shape index (κ1) is 20.8. The van der Waals surface area contributed by atoms with Gasteiger partial charge in [0.15, 0.2) is 5.69 Å². The first-order chi connectivity index (χ1) is 15.1. The standard InChI is InChI=1S/C25H23N3O2S/c1-18-8-12-21(13-9-18)28-16-23(19-6-4-3-5-7-19)27-25(28)31-17-24(29)26-20-10-14-22(30-2)15-11-20/h3-16H,17H2,1-2H3,(H,26,29)/p+1. The third kappa shape index (κ3) is 5.16. The number of hydrogen-bond donors (Lipinski definition) is 2.